The Balaban J connectivity index is 2.04. The third-order valence-corrected chi connectivity index (χ3v) is 5.02. The van der Waals surface area contributed by atoms with Crippen molar-refractivity contribution in [1.82, 2.24) is 15.1 Å². The van der Waals surface area contributed by atoms with Crippen molar-refractivity contribution >= 4 is 5.97 Å². The zero-order chi connectivity index (χ0) is 15.6. The lowest BCUT2D eigenvalue weighted by atomic mass is 9.99. The average Bonchev–Trinajstić information content (AvgIpc) is 2.65. The molecular weight excluding hydrogens is 266 g/mol. The van der Waals surface area contributed by atoms with Crippen LogP contribution in [0.4, 0.5) is 0 Å². The van der Waals surface area contributed by atoms with Crippen LogP contribution in [-0.2, 0) is 9.53 Å². The van der Waals surface area contributed by atoms with E-state index in [1.54, 1.807) is 0 Å². The number of nitrogens with zero attached hydrogens (tertiary/aromatic N) is 2. The van der Waals surface area contributed by atoms with E-state index in [2.05, 4.69) is 36.0 Å². The van der Waals surface area contributed by atoms with Crippen molar-refractivity contribution in [2.24, 2.45) is 0 Å². The molecule has 0 saturated carbocycles. The molecule has 0 amide bonds. The van der Waals surface area contributed by atoms with Crippen molar-refractivity contribution < 1.29 is 9.53 Å². The number of esters is 1. The number of methoxy groups -OCH3 is 1. The highest BCUT2D eigenvalue weighted by molar-refractivity contribution is 5.80. The molecule has 0 aromatic heterocycles. The summed E-state index contributed by atoms with van der Waals surface area (Å²) in [7, 11) is 3.72. The highest BCUT2D eigenvalue weighted by atomic mass is 16.5. The molecule has 3 unspecified atom stereocenters. The standard InChI is InChI=1S/C16H31N3O2/c1-12(2)17-16(3,15(20)21-5)11-19-9-8-13-6-7-14(10-19)18(13)4/h12-14,17H,6-11H2,1-5H3. The molecule has 2 rings (SSSR count). The normalized spacial score (nSPS) is 30.2. The van der Waals surface area contributed by atoms with Crippen molar-refractivity contribution in [3.8, 4) is 0 Å². The van der Waals surface area contributed by atoms with Gasteiger partial charge in [-0.3, -0.25) is 19.9 Å². The third-order valence-electron chi connectivity index (χ3n) is 5.02. The SMILES string of the molecule is COC(=O)C(C)(CN1CCC2CCC(C1)N2C)NC(C)C. The van der Waals surface area contributed by atoms with E-state index < -0.39 is 5.54 Å². The van der Waals surface area contributed by atoms with E-state index in [1.165, 1.54) is 26.4 Å². The second kappa shape index (κ2) is 6.63. The smallest absolute Gasteiger partial charge is 0.327 e. The van der Waals surface area contributed by atoms with Crippen LogP contribution in [0.15, 0.2) is 0 Å². The second-order valence-corrected chi connectivity index (χ2v) is 7.20. The van der Waals surface area contributed by atoms with Gasteiger partial charge in [0.1, 0.15) is 5.54 Å². The number of hydrogen-bond donors (Lipinski definition) is 1. The van der Waals surface area contributed by atoms with Gasteiger partial charge in [0.15, 0.2) is 0 Å². The van der Waals surface area contributed by atoms with Crippen molar-refractivity contribution in [3.05, 3.63) is 0 Å². The Morgan fingerprint density at radius 2 is 2.00 bits per heavy atom. The molecule has 2 heterocycles. The summed E-state index contributed by atoms with van der Waals surface area (Å²) in [4.78, 5) is 17.2. The summed E-state index contributed by atoms with van der Waals surface area (Å²) in [5.74, 6) is -0.168. The predicted molar refractivity (Wildman–Crippen MR) is 84.3 cm³/mol. The van der Waals surface area contributed by atoms with Crippen molar-refractivity contribution in [3.63, 3.8) is 0 Å². The Bertz CT molecular complexity index is 375. The van der Waals surface area contributed by atoms with Crippen molar-refractivity contribution in [2.75, 3.05) is 33.8 Å². The van der Waals surface area contributed by atoms with Gasteiger partial charge in [0.25, 0.3) is 0 Å². The van der Waals surface area contributed by atoms with Gasteiger partial charge in [-0.2, -0.15) is 0 Å². The first-order valence-electron chi connectivity index (χ1n) is 8.16. The van der Waals surface area contributed by atoms with Crippen LogP contribution in [0.25, 0.3) is 0 Å². The number of ether oxygens (including phenoxy) is 1. The van der Waals surface area contributed by atoms with Crippen LogP contribution in [0.1, 0.15) is 40.0 Å². The molecule has 2 aliphatic rings. The maximum atomic E-state index is 12.2. The average molecular weight is 297 g/mol. The Morgan fingerprint density at radius 3 is 2.62 bits per heavy atom. The van der Waals surface area contributed by atoms with E-state index in [4.69, 9.17) is 4.74 Å². The molecule has 0 aliphatic carbocycles. The molecule has 0 spiro atoms. The molecule has 0 aromatic rings. The zero-order valence-corrected chi connectivity index (χ0v) is 14.2. The number of hydrogen-bond acceptors (Lipinski definition) is 5. The van der Waals surface area contributed by atoms with Crippen molar-refractivity contribution in [2.45, 2.75) is 63.7 Å². The van der Waals surface area contributed by atoms with Gasteiger partial charge in [-0.05, 0) is 53.6 Å². The number of rotatable bonds is 5. The quantitative estimate of drug-likeness (QED) is 0.770. The minimum Gasteiger partial charge on any atom is -0.468 e. The van der Waals surface area contributed by atoms with Crippen LogP contribution >= 0.6 is 0 Å². The van der Waals surface area contributed by atoms with Crippen LogP contribution in [0.5, 0.6) is 0 Å². The molecule has 2 fully saturated rings. The summed E-state index contributed by atoms with van der Waals surface area (Å²) in [6, 6.07) is 1.61. The highest BCUT2D eigenvalue weighted by Crippen LogP contribution is 2.29. The third kappa shape index (κ3) is 3.76. The highest BCUT2D eigenvalue weighted by Gasteiger charge is 2.40. The van der Waals surface area contributed by atoms with Gasteiger partial charge in [0.05, 0.1) is 7.11 Å². The Hall–Kier alpha value is -0.650. The number of carbonyl (C=O) groups excluding carboxylic acids is 1. The molecule has 21 heavy (non-hydrogen) atoms. The summed E-state index contributed by atoms with van der Waals surface area (Å²) in [5.41, 5.74) is -0.634. The van der Waals surface area contributed by atoms with E-state index in [0.717, 1.165) is 25.7 Å². The number of carbonyl (C=O) groups is 1. The van der Waals surface area contributed by atoms with E-state index in [9.17, 15) is 4.79 Å². The van der Waals surface area contributed by atoms with Gasteiger partial charge in [0, 0.05) is 31.2 Å². The predicted octanol–water partition coefficient (Wildman–Crippen LogP) is 1.08. The number of likely N-dealkylation sites (tertiary alicyclic amines) is 1. The van der Waals surface area contributed by atoms with E-state index in [0.29, 0.717) is 6.04 Å². The van der Waals surface area contributed by atoms with Gasteiger partial charge in [0.2, 0.25) is 0 Å². The number of fused-ring (bicyclic) bond motifs is 2. The van der Waals surface area contributed by atoms with Crippen LogP contribution < -0.4 is 5.32 Å². The van der Waals surface area contributed by atoms with Gasteiger partial charge < -0.3 is 4.74 Å². The lowest BCUT2D eigenvalue weighted by molar-refractivity contribution is -0.149. The second-order valence-electron chi connectivity index (χ2n) is 7.20. The number of nitrogens with one attached hydrogen (secondary N) is 1. The lowest BCUT2D eigenvalue weighted by Crippen LogP contribution is -2.60. The molecule has 122 valence electrons. The first-order valence-corrected chi connectivity index (χ1v) is 8.16. The van der Waals surface area contributed by atoms with E-state index in [1.807, 2.05) is 6.92 Å². The minimum absolute atomic E-state index is 0.168. The maximum absolute atomic E-state index is 12.2. The first kappa shape index (κ1) is 16.7. The summed E-state index contributed by atoms with van der Waals surface area (Å²) in [6.45, 7) is 8.94. The fourth-order valence-electron chi connectivity index (χ4n) is 4.00. The van der Waals surface area contributed by atoms with Gasteiger partial charge in [-0.25, -0.2) is 0 Å². The summed E-state index contributed by atoms with van der Waals surface area (Å²) >= 11 is 0. The molecule has 2 bridgehead atoms. The van der Waals surface area contributed by atoms with Gasteiger partial charge in [-0.1, -0.05) is 0 Å². The fourth-order valence-corrected chi connectivity index (χ4v) is 4.00. The topological polar surface area (TPSA) is 44.8 Å². The Labute approximate surface area is 129 Å². The molecule has 3 atom stereocenters. The lowest BCUT2D eigenvalue weighted by Gasteiger charge is -2.36. The molecule has 1 N–H and O–H groups in total. The van der Waals surface area contributed by atoms with E-state index >= 15 is 0 Å². The molecule has 0 aromatic carbocycles. The zero-order valence-electron chi connectivity index (χ0n) is 14.2. The van der Waals surface area contributed by atoms with Crippen LogP contribution in [-0.4, -0.2) is 73.2 Å². The van der Waals surface area contributed by atoms with Crippen molar-refractivity contribution in [1.29, 1.82) is 0 Å². The fraction of sp³-hybridized carbons (Fsp3) is 0.938. The van der Waals surface area contributed by atoms with Gasteiger partial charge >= 0.3 is 5.97 Å². The summed E-state index contributed by atoms with van der Waals surface area (Å²) in [5, 5.41) is 3.40. The molecule has 5 heteroatoms. The number of likely N-dealkylation sites (N-methyl/N-ethyl adjacent to an activating group) is 1. The molecular formula is C16H31N3O2. The van der Waals surface area contributed by atoms with Crippen LogP contribution in [0.3, 0.4) is 0 Å². The van der Waals surface area contributed by atoms with E-state index in [-0.39, 0.29) is 12.0 Å². The Kier molecular flexibility index (Phi) is 5.28. The molecule has 2 saturated heterocycles. The van der Waals surface area contributed by atoms with Crippen LogP contribution in [0, 0.1) is 0 Å². The summed E-state index contributed by atoms with van der Waals surface area (Å²) in [6.07, 6.45) is 3.81. The Morgan fingerprint density at radius 1 is 1.33 bits per heavy atom. The largest absolute Gasteiger partial charge is 0.468 e. The monoisotopic (exact) mass is 297 g/mol. The summed E-state index contributed by atoms with van der Waals surface area (Å²) < 4.78 is 5.03. The minimum atomic E-state index is -0.634. The first-order chi connectivity index (χ1) is 9.85. The molecule has 5 nitrogen and oxygen atoms in total. The van der Waals surface area contributed by atoms with Crippen LogP contribution in [0.2, 0.25) is 0 Å². The maximum Gasteiger partial charge on any atom is 0.327 e. The van der Waals surface area contributed by atoms with Gasteiger partial charge in [-0.15, -0.1) is 0 Å². The molecule has 0 radical (unpaired) electrons. The molecule has 2 aliphatic heterocycles.